The van der Waals surface area contributed by atoms with Crippen molar-refractivity contribution in [3.8, 4) is 16.9 Å². The average Bonchev–Trinajstić information content (AvgIpc) is 3.38. The highest BCUT2D eigenvalue weighted by Gasteiger charge is 2.40. The number of Topliss-reactive ketones (excluding diaryl/α,β-unsaturated/α-hetero) is 1. The second-order valence-electron chi connectivity index (χ2n) is 10.6. The van der Waals surface area contributed by atoms with Crippen LogP contribution in [0.4, 0.5) is 0 Å². The number of hydrogen-bond donors (Lipinski definition) is 4. The van der Waals surface area contributed by atoms with Gasteiger partial charge < -0.3 is 21.1 Å². The first-order chi connectivity index (χ1) is 18.3. The molecule has 0 saturated carbocycles. The van der Waals surface area contributed by atoms with Gasteiger partial charge in [0.15, 0.2) is 12.1 Å². The van der Waals surface area contributed by atoms with Gasteiger partial charge in [0.2, 0.25) is 0 Å². The monoisotopic (exact) mass is 516 g/mol. The Bertz CT molecular complexity index is 1350. The minimum atomic E-state index is -1.01. The van der Waals surface area contributed by atoms with Crippen molar-refractivity contribution in [1.29, 1.82) is 0 Å². The first-order valence-electron chi connectivity index (χ1n) is 13.1. The van der Waals surface area contributed by atoms with Gasteiger partial charge in [0, 0.05) is 25.0 Å². The molecule has 1 heterocycles. The number of carbonyl (C=O) groups is 3. The van der Waals surface area contributed by atoms with E-state index in [1.54, 1.807) is 0 Å². The van der Waals surface area contributed by atoms with Crippen LogP contribution in [0.2, 0.25) is 0 Å². The lowest BCUT2D eigenvalue weighted by molar-refractivity contribution is -0.117. The van der Waals surface area contributed by atoms with Gasteiger partial charge in [-0.15, -0.1) is 0 Å². The lowest BCUT2D eigenvalue weighted by atomic mass is 9.68. The minimum absolute atomic E-state index is 0.0166. The number of phenols is 1. The molecule has 38 heavy (non-hydrogen) atoms. The van der Waals surface area contributed by atoms with E-state index in [1.165, 1.54) is 24.5 Å². The van der Waals surface area contributed by atoms with Gasteiger partial charge in [0.25, 0.3) is 5.91 Å². The van der Waals surface area contributed by atoms with Gasteiger partial charge in [0.05, 0.1) is 11.3 Å². The summed E-state index contributed by atoms with van der Waals surface area (Å²) in [6, 6.07) is 11.6. The van der Waals surface area contributed by atoms with Crippen LogP contribution < -0.4 is 5.73 Å². The molecule has 2 unspecified atom stereocenters. The van der Waals surface area contributed by atoms with Gasteiger partial charge in [0.1, 0.15) is 17.1 Å². The first kappa shape index (κ1) is 25.7. The standard InChI is InChI=1S/C30H32N2O6/c31-30(38)23(16-33)25(35)12-18-11-20-14-22-21(7-8-24(34)28(22)29(37)27(20)26(36)13-18)19-5-3-17(4-6-19)15-32-9-1-2-10-32/h3-8,16,18,20,34-36H,1-2,9-15H2,(H2,31,38)/b25-23-. The van der Waals surface area contributed by atoms with Crippen molar-refractivity contribution in [3.05, 3.63) is 75.8 Å². The number of likely N-dealkylation sites (tertiary alicyclic amines) is 1. The van der Waals surface area contributed by atoms with Crippen molar-refractivity contribution in [2.75, 3.05) is 13.1 Å². The number of nitrogens with two attached hydrogens (primary N) is 1. The second-order valence-corrected chi connectivity index (χ2v) is 10.6. The number of amides is 1. The molecule has 8 heteroatoms. The van der Waals surface area contributed by atoms with Crippen LogP contribution in [0.3, 0.4) is 0 Å². The van der Waals surface area contributed by atoms with Gasteiger partial charge in [-0.25, -0.2) is 0 Å². The molecule has 2 aliphatic carbocycles. The topological polar surface area (TPSA) is 141 Å². The summed E-state index contributed by atoms with van der Waals surface area (Å²) < 4.78 is 0. The Morgan fingerprint density at radius 1 is 1.05 bits per heavy atom. The zero-order chi connectivity index (χ0) is 27.0. The van der Waals surface area contributed by atoms with Crippen molar-refractivity contribution in [2.45, 2.75) is 45.1 Å². The van der Waals surface area contributed by atoms with Crippen LogP contribution in [0.1, 0.15) is 53.6 Å². The number of aromatic hydroxyl groups is 1. The molecule has 1 saturated heterocycles. The summed E-state index contributed by atoms with van der Waals surface area (Å²) in [7, 11) is 0. The lowest BCUT2D eigenvalue weighted by Crippen LogP contribution is -2.31. The molecular weight excluding hydrogens is 484 g/mol. The van der Waals surface area contributed by atoms with E-state index >= 15 is 0 Å². The fourth-order valence-corrected chi connectivity index (χ4v) is 6.27. The maximum atomic E-state index is 13.5. The first-order valence-corrected chi connectivity index (χ1v) is 13.1. The summed E-state index contributed by atoms with van der Waals surface area (Å²) in [5, 5.41) is 31.8. The number of fused-ring (bicyclic) bond motifs is 2. The third-order valence-corrected chi connectivity index (χ3v) is 8.08. The Morgan fingerprint density at radius 2 is 1.76 bits per heavy atom. The highest BCUT2D eigenvalue weighted by atomic mass is 16.3. The van der Waals surface area contributed by atoms with E-state index < -0.39 is 17.2 Å². The van der Waals surface area contributed by atoms with Crippen LogP contribution in [-0.4, -0.2) is 51.3 Å². The van der Waals surface area contributed by atoms with Crippen molar-refractivity contribution in [2.24, 2.45) is 17.6 Å². The molecule has 5 rings (SSSR count). The largest absolute Gasteiger partial charge is 0.512 e. The quantitative estimate of drug-likeness (QED) is 0.143. The Hall–Kier alpha value is -3.91. The molecule has 8 nitrogen and oxygen atoms in total. The van der Waals surface area contributed by atoms with Crippen LogP contribution in [0.5, 0.6) is 5.75 Å². The third kappa shape index (κ3) is 4.84. The number of phenolic OH excluding ortho intramolecular Hbond substituents is 1. The van der Waals surface area contributed by atoms with E-state index in [0.29, 0.717) is 12.8 Å². The Morgan fingerprint density at radius 3 is 2.42 bits per heavy atom. The summed E-state index contributed by atoms with van der Waals surface area (Å²) >= 11 is 0. The zero-order valence-corrected chi connectivity index (χ0v) is 21.2. The predicted octanol–water partition coefficient (Wildman–Crippen LogP) is 4.12. The summed E-state index contributed by atoms with van der Waals surface area (Å²) in [6.07, 6.45) is 3.68. The number of allylic oxidation sites excluding steroid dienone is 3. The Balaban J connectivity index is 1.44. The summed E-state index contributed by atoms with van der Waals surface area (Å²) in [6.45, 7) is 3.14. The SMILES string of the molecule is NC(=O)/C(C=O)=C(\O)CC1CC(O)=C2C(=O)c3c(O)ccc(-c4ccc(CN5CCCC5)cc4)c3CC2C1. The lowest BCUT2D eigenvalue weighted by Gasteiger charge is -2.35. The van der Waals surface area contributed by atoms with Crippen LogP contribution in [0.25, 0.3) is 11.1 Å². The van der Waals surface area contributed by atoms with E-state index in [4.69, 9.17) is 5.73 Å². The number of hydrogen-bond acceptors (Lipinski definition) is 7. The van der Waals surface area contributed by atoms with Gasteiger partial charge in [-0.2, -0.15) is 0 Å². The van der Waals surface area contributed by atoms with E-state index in [0.717, 1.165) is 36.3 Å². The number of primary amides is 1. The fourth-order valence-electron chi connectivity index (χ4n) is 6.27. The average molecular weight is 517 g/mol. The number of carbonyl (C=O) groups excluding carboxylic acids is 3. The number of rotatable bonds is 7. The smallest absolute Gasteiger partial charge is 0.255 e. The molecule has 1 aliphatic heterocycles. The molecule has 2 aromatic rings. The Kier molecular flexibility index (Phi) is 7.08. The van der Waals surface area contributed by atoms with Gasteiger partial charge >= 0.3 is 0 Å². The van der Waals surface area contributed by atoms with Crippen molar-refractivity contribution < 1.29 is 29.7 Å². The van der Waals surface area contributed by atoms with E-state index in [1.807, 2.05) is 18.2 Å². The molecule has 2 atom stereocenters. The van der Waals surface area contributed by atoms with Crippen LogP contribution in [-0.2, 0) is 22.6 Å². The van der Waals surface area contributed by atoms with Crippen LogP contribution >= 0.6 is 0 Å². The molecule has 0 spiro atoms. The van der Waals surface area contributed by atoms with Gasteiger partial charge in [-0.1, -0.05) is 30.3 Å². The molecule has 0 aromatic heterocycles. The maximum absolute atomic E-state index is 13.5. The number of aliphatic hydroxyl groups is 2. The molecule has 1 fully saturated rings. The summed E-state index contributed by atoms with van der Waals surface area (Å²) in [5.74, 6) is -2.63. The predicted molar refractivity (Wildman–Crippen MR) is 141 cm³/mol. The molecule has 3 aliphatic rings. The number of aliphatic hydroxyl groups excluding tert-OH is 2. The normalized spacial score (nSPS) is 22.1. The highest BCUT2D eigenvalue weighted by Crippen LogP contribution is 2.46. The van der Waals surface area contributed by atoms with Crippen molar-refractivity contribution in [1.82, 2.24) is 4.90 Å². The molecule has 0 radical (unpaired) electrons. The summed E-state index contributed by atoms with van der Waals surface area (Å²) in [4.78, 5) is 38.6. The highest BCUT2D eigenvalue weighted by molar-refractivity contribution is 6.14. The molecule has 5 N–H and O–H groups in total. The van der Waals surface area contributed by atoms with Crippen LogP contribution in [0.15, 0.2) is 59.1 Å². The molecular formula is C30H32N2O6. The second kappa shape index (κ2) is 10.5. The molecule has 2 aromatic carbocycles. The van der Waals surface area contributed by atoms with Crippen molar-refractivity contribution >= 4 is 18.0 Å². The molecule has 198 valence electrons. The van der Waals surface area contributed by atoms with E-state index in [-0.39, 0.29) is 59.4 Å². The molecule has 0 bridgehead atoms. The van der Waals surface area contributed by atoms with Crippen molar-refractivity contribution in [3.63, 3.8) is 0 Å². The summed E-state index contributed by atoms with van der Waals surface area (Å²) in [5.41, 5.74) is 8.97. The fraction of sp³-hybridized carbons (Fsp3) is 0.367. The van der Waals surface area contributed by atoms with Gasteiger partial charge in [-0.05, 0) is 78.9 Å². The number of benzene rings is 2. The van der Waals surface area contributed by atoms with Crippen LogP contribution in [0, 0.1) is 11.8 Å². The van der Waals surface area contributed by atoms with Gasteiger partial charge in [-0.3, -0.25) is 19.3 Å². The molecule has 1 amide bonds. The van der Waals surface area contributed by atoms with E-state index in [9.17, 15) is 29.7 Å². The third-order valence-electron chi connectivity index (χ3n) is 8.08. The number of aldehydes is 1. The maximum Gasteiger partial charge on any atom is 0.255 e. The number of nitrogens with zero attached hydrogens (tertiary/aromatic N) is 1. The Labute approximate surface area is 221 Å². The number of ketones is 1. The van der Waals surface area contributed by atoms with E-state index in [2.05, 4.69) is 17.0 Å². The minimum Gasteiger partial charge on any atom is -0.512 e. The zero-order valence-electron chi connectivity index (χ0n) is 21.2.